The van der Waals surface area contributed by atoms with Crippen molar-refractivity contribution in [3.8, 4) is 11.1 Å². The van der Waals surface area contributed by atoms with Crippen molar-refractivity contribution in [1.29, 1.82) is 0 Å². The van der Waals surface area contributed by atoms with Gasteiger partial charge in [0.25, 0.3) is 0 Å². The average Bonchev–Trinajstić information content (AvgIpc) is 3.35. The van der Waals surface area contributed by atoms with Crippen molar-refractivity contribution in [3.63, 3.8) is 0 Å². The number of urea groups is 1. The van der Waals surface area contributed by atoms with E-state index in [-0.39, 0.29) is 19.2 Å². The molecule has 11 heteroatoms. The molecule has 0 radical (unpaired) electrons. The summed E-state index contributed by atoms with van der Waals surface area (Å²) in [6.07, 6.45) is -4.02. The fraction of sp³-hybridized carbons (Fsp3) is 0.556. The van der Waals surface area contributed by atoms with Gasteiger partial charge in [-0.15, -0.1) is 0 Å². The third-order valence-corrected chi connectivity index (χ3v) is 7.11. The molecule has 2 aromatic rings. The minimum absolute atomic E-state index is 0.0177. The molecule has 0 spiro atoms. The molecule has 2 atom stereocenters. The van der Waals surface area contributed by atoms with Crippen molar-refractivity contribution in [2.24, 2.45) is 5.92 Å². The monoisotopic (exact) mass is 535 g/mol. The summed E-state index contributed by atoms with van der Waals surface area (Å²) >= 11 is 0. The molecule has 208 valence electrons. The maximum atomic E-state index is 12.8. The molecule has 1 unspecified atom stereocenters. The quantitative estimate of drug-likeness (QED) is 0.446. The van der Waals surface area contributed by atoms with Gasteiger partial charge in [-0.25, -0.2) is 9.78 Å². The highest BCUT2D eigenvalue weighted by Gasteiger charge is 2.36. The van der Waals surface area contributed by atoms with E-state index >= 15 is 0 Å². The summed E-state index contributed by atoms with van der Waals surface area (Å²) in [5.41, 5.74) is 3.36. The van der Waals surface area contributed by atoms with Crippen LogP contribution >= 0.6 is 0 Å². The second kappa shape index (κ2) is 12.2. The van der Waals surface area contributed by atoms with Crippen LogP contribution in [0.1, 0.15) is 31.7 Å². The van der Waals surface area contributed by atoms with Crippen molar-refractivity contribution in [1.82, 2.24) is 9.88 Å². The van der Waals surface area contributed by atoms with Gasteiger partial charge in [-0.05, 0) is 66.6 Å². The summed E-state index contributed by atoms with van der Waals surface area (Å²) in [6.45, 7) is 7.01. The van der Waals surface area contributed by atoms with E-state index in [2.05, 4.69) is 15.5 Å². The Balaban J connectivity index is 1.56. The maximum absolute atomic E-state index is 12.8. The van der Waals surface area contributed by atoms with Crippen LogP contribution in [0.3, 0.4) is 0 Å². The molecule has 2 saturated heterocycles. The number of aryl methyl sites for hydroxylation is 1. The zero-order chi connectivity index (χ0) is 27.3. The summed E-state index contributed by atoms with van der Waals surface area (Å²) in [5, 5.41) is 15.9. The number of alkyl halides is 3. The number of ether oxygens (including phenoxy) is 1. The van der Waals surface area contributed by atoms with Gasteiger partial charge >= 0.3 is 12.2 Å². The number of rotatable bonds is 8. The van der Waals surface area contributed by atoms with Crippen LogP contribution in [0.25, 0.3) is 11.1 Å². The Kier molecular flexibility index (Phi) is 8.99. The highest BCUT2D eigenvalue weighted by molar-refractivity contribution is 5.91. The molecule has 1 aromatic carbocycles. The SMILES string of the molecule is CC[C@H](CO)Nc1cc(-c2cc(NC(=O)N3CCC(CC(F)(F)F)C3)ccc2C)cc(N2CCOCC2)n1. The molecule has 1 aromatic heterocycles. The van der Waals surface area contributed by atoms with Gasteiger partial charge in [-0.2, -0.15) is 13.2 Å². The molecule has 0 saturated carbocycles. The van der Waals surface area contributed by atoms with E-state index in [4.69, 9.17) is 9.72 Å². The summed E-state index contributed by atoms with van der Waals surface area (Å²) in [6, 6.07) is 8.98. The molecular weight excluding hydrogens is 499 g/mol. The van der Waals surface area contributed by atoms with Crippen molar-refractivity contribution >= 4 is 23.4 Å². The second-order valence-electron chi connectivity index (χ2n) is 10.0. The number of aliphatic hydroxyl groups excluding tert-OH is 1. The van der Waals surface area contributed by atoms with Crippen molar-refractivity contribution in [2.45, 2.75) is 45.3 Å². The molecular formula is C27H36F3N5O3. The van der Waals surface area contributed by atoms with Gasteiger partial charge in [0.05, 0.1) is 25.9 Å². The predicted octanol–water partition coefficient (Wildman–Crippen LogP) is 4.88. The number of halogens is 3. The number of aromatic nitrogens is 1. The van der Waals surface area contributed by atoms with Crippen molar-refractivity contribution < 1.29 is 27.8 Å². The highest BCUT2D eigenvalue weighted by Crippen LogP contribution is 2.33. The molecule has 3 heterocycles. The number of hydrogen-bond donors (Lipinski definition) is 3. The van der Waals surface area contributed by atoms with Crippen molar-refractivity contribution in [3.05, 3.63) is 35.9 Å². The molecule has 2 fully saturated rings. The standard InChI is InChI=1S/C27H36F3N5O3/c1-3-21(17-36)31-24-12-20(13-25(33-24)34-8-10-38-11-9-34)23-14-22(5-4-18(23)2)32-26(37)35-7-6-19(16-35)15-27(28,29)30/h4-5,12-14,19,21,36H,3,6-11,15-17H2,1-2H3,(H,31,33)(H,32,37)/t19?,21-/m1/s1. The predicted molar refractivity (Wildman–Crippen MR) is 142 cm³/mol. The van der Waals surface area contributed by atoms with Gasteiger partial charge in [0, 0.05) is 38.3 Å². The van der Waals surface area contributed by atoms with Crippen LogP contribution in [0.2, 0.25) is 0 Å². The Morgan fingerprint density at radius 1 is 1.21 bits per heavy atom. The average molecular weight is 536 g/mol. The van der Waals surface area contributed by atoms with Crippen LogP contribution in [0, 0.1) is 12.8 Å². The summed E-state index contributed by atoms with van der Waals surface area (Å²) < 4.78 is 43.8. The lowest BCUT2D eigenvalue weighted by molar-refractivity contribution is -0.143. The van der Waals surface area contributed by atoms with E-state index in [0.29, 0.717) is 50.8 Å². The second-order valence-corrected chi connectivity index (χ2v) is 10.0. The van der Waals surface area contributed by atoms with Gasteiger partial charge in [-0.3, -0.25) is 0 Å². The first-order chi connectivity index (χ1) is 18.1. The molecule has 4 rings (SSSR count). The maximum Gasteiger partial charge on any atom is 0.389 e. The van der Waals surface area contributed by atoms with Gasteiger partial charge in [-0.1, -0.05) is 13.0 Å². The lowest BCUT2D eigenvalue weighted by Crippen LogP contribution is -2.37. The number of amides is 2. The molecule has 0 bridgehead atoms. The number of aliphatic hydroxyl groups is 1. The fourth-order valence-corrected chi connectivity index (χ4v) is 4.91. The first-order valence-corrected chi connectivity index (χ1v) is 13.1. The van der Waals surface area contributed by atoms with Crippen LogP contribution in [-0.4, -0.2) is 79.2 Å². The number of pyridine rings is 1. The number of hydrogen-bond acceptors (Lipinski definition) is 6. The first kappa shape index (κ1) is 28.0. The normalized spacial score (nSPS) is 18.9. The summed E-state index contributed by atoms with van der Waals surface area (Å²) in [4.78, 5) is 21.2. The third kappa shape index (κ3) is 7.28. The number of benzene rings is 1. The van der Waals surface area contributed by atoms with Crippen LogP contribution in [0.15, 0.2) is 30.3 Å². The zero-order valence-corrected chi connectivity index (χ0v) is 21.9. The Hall–Kier alpha value is -3.05. The van der Waals surface area contributed by atoms with E-state index in [1.807, 2.05) is 38.1 Å². The summed E-state index contributed by atoms with van der Waals surface area (Å²) in [7, 11) is 0. The van der Waals surface area contributed by atoms with Gasteiger partial charge in [0.2, 0.25) is 0 Å². The van der Waals surface area contributed by atoms with E-state index in [1.54, 1.807) is 6.07 Å². The molecule has 38 heavy (non-hydrogen) atoms. The van der Waals surface area contributed by atoms with Crippen LogP contribution in [-0.2, 0) is 4.74 Å². The number of nitrogens with one attached hydrogen (secondary N) is 2. The topological polar surface area (TPSA) is 90.0 Å². The van der Waals surface area contributed by atoms with Gasteiger partial charge in [0.15, 0.2) is 0 Å². The molecule has 2 amide bonds. The van der Waals surface area contributed by atoms with E-state index in [1.165, 1.54) is 4.90 Å². The van der Waals surface area contributed by atoms with Crippen LogP contribution in [0.5, 0.6) is 0 Å². The lowest BCUT2D eigenvalue weighted by atomic mass is 10.00. The molecule has 3 N–H and O–H groups in total. The minimum Gasteiger partial charge on any atom is -0.394 e. The molecule has 2 aliphatic heterocycles. The largest absolute Gasteiger partial charge is 0.394 e. The highest BCUT2D eigenvalue weighted by atomic mass is 19.4. The third-order valence-electron chi connectivity index (χ3n) is 7.11. The molecule has 2 aliphatic rings. The Bertz CT molecular complexity index is 1100. The number of morpholine rings is 1. The van der Waals surface area contributed by atoms with E-state index in [9.17, 15) is 23.1 Å². The minimum atomic E-state index is -4.23. The number of carbonyl (C=O) groups is 1. The first-order valence-electron chi connectivity index (χ1n) is 13.1. The number of anilines is 3. The zero-order valence-electron chi connectivity index (χ0n) is 21.9. The molecule has 8 nitrogen and oxygen atoms in total. The van der Waals surface area contributed by atoms with Gasteiger partial charge in [0.1, 0.15) is 11.6 Å². The Morgan fingerprint density at radius 2 is 1.97 bits per heavy atom. The van der Waals surface area contributed by atoms with E-state index < -0.39 is 24.5 Å². The number of likely N-dealkylation sites (tertiary alicyclic amines) is 1. The van der Waals surface area contributed by atoms with E-state index in [0.717, 1.165) is 28.9 Å². The Morgan fingerprint density at radius 3 is 2.66 bits per heavy atom. The van der Waals surface area contributed by atoms with Crippen LogP contribution < -0.4 is 15.5 Å². The fourth-order valence-electron chi connectivity index (χ4n) is 4.91. The molecule has 0 aliphatic carbocycles. The Labute approximate surface area is 221 Å². The van der Waals surface area contributed by atoms with Crippen LogP contribution in [0.4, 0.5) is 35.3 Å². The lowest BCUT2D eigenvalue weighted by Gasteiger charge is -2.29. The van der Waals surface area contributed by atoms with Gasteiger partial charge < -0.3 is 30.3 Å². The smallest absolute Gasteiger partial charge is 0.389 e. The number of nitrogens with zero attached hydrogens (tertiary/aromatic N) is 3. The summed E-state index contributed by atoms with van der Waals surface area (Å²) in [5.74, 6) is 0.871. The number of carbonyl (C=O) groups excluding carboxylic acids is 1. The van der Waals surface area contributed by atoms with Crippen molar-refractivity contribution in [2.75, 3.05) is 61.5 Å².